The van der Waals surface area contributed by atoms with Crippen LogP contribution in [0, 0.1) is 11.8 Å². The Hall–Kier alpha value is -0.160. The van der Waals surface area contributed by atoms with Crippen LogP contribution in [-0.2, 0) is 14.2 Å². The van der Waals surface area contributed by atoms with E-state index in [1.807, 2.05) is 0 Å². The lowest BCUT2D eigenvalue weighted by Crippen LogP contribution is -2.42. The van der Waals surface area contributed by atoms with Gasteiger partial charge in [0.15, 0.2) is 6.29 Å². The maximum atomic E-state index is 9.41. The Kier molecular flexibility index (Phi) is 5.46. The summed E-state index contributed by atoms with van der Waals surface area (Å²) in [5, 5.41) is 9.41. The lowest BCUT2D eigenvalue weighted by atomic mass is 9.80. The number of ether oxygens (including phenoxy) is 3. The summed E-state index contributed by atoms with van der Waals surface area (Å²) in [6.07, 6.45) is 3.69. The Bertz CT molecular complexity index is 305. The molecule has 2 saturated heterocycles. The van der Waals surface area contributed by atoms with Gasteiger partial charge in [0.25, 0.3) is 0 Å². The molecule has 0 aromatic carbocycles. The molecule has 0 aliphatic carbocycles. The van der Waals surface area contributed by atoms with Crippen LogP contribution < -0.4 is 0 Å². The second kappa shape index (κ2) is 6.73. The third-order valence-corrected chi connectivity index (χ3v) is 4.96. The van der Waals surface area contributed by atoms with E-state index in [-0.39, 0.29) is 30.7 Å². The fourth-order valence-electron chi connectivity index (χ4n) is 3.89. The predicted octanol–water partition coefficient (Wildman–Crippen LogP) is 2.73. The first-order valence-electron chi connectivity index (χ1n) is 8.09. The van der Waals surface area contributed by atoms with Gasteiger partial charge in [-0.2, -0.15) is 0 Å². The van der Waals surface area contributed by atoms with Crippen molar-refractivity contribution in [2.45, 2.75) is 77.5 Å². The summed E-state index contributed by atoms with van der Waals surface area (Å²) in [7, 11) is 0. The molecule has 4 nitrogen and oxygen atoms in total. The van der Waals surface area contributed by atoms with Crippen LogP contribution in [0.4, 0.5) is 0 Å². The first-order chi connectivity index (χ1) is 9.53. The molecule has 0 bridgehead atoms. The summed E-state index contributed by atoms with van der Waals surface area (Å²) in [4.78, 5) is 0. The maximum Gasteiger partial charge on any atom is 0.161 e. The summed E-state index contributed by atoms with van der Waals surface area (Å²) in [5.41, 5.74) is -0.135. The minimum absolute atomic E-state index is 0.0226. The molecule has 0 spiro atoms. The summed E-state index contributed by atoms with van der Waals surface area (Å²) < 4.78 is 18.0. The quantitative estimate of drug-likeness (QED) is 0.844. The van der Waals surface area contributed by atoms with E-state index in [4.69, 9.17) is 14.2 Å². The van der Waals surface area contributed by atoms with Crippen LogP contribution in [-0.4, -0.2) is 42.4 Å². The van der Waals surface area contributed by atoms with Crippen LogP contribution in [0.3, 0.4) is 0 Å². The summed E-state index contributed by atoms with van der Waals surface area (Å²) >= 11 is 0. The zero-order valence-electron chi connectivity index (χ0n) is 13.3. The van der Waals surface area contributed by atoms with Crippen molar-refractivity contribution in [2.75, 3.05) is 13.2 Å². The Balaban J connectivity index is 2.04. The van der Waals surface area contributed by atoms with Crippen molar-refractivity contribution in [3.8, 4) is 0 Å². The van der Waals surface area contributed by atoms with Gasteiger partial charge < -0.3 is 19.3 Å². The van der Waals surface area contributed by atoms with Crippen LogP contribution in [0.5, 0.6) is 0 Å². The van der Waals surface area contributed by atoms with E-state index < -0.39 is 0 Å². The molecule has 2 aliphatic heterocycles. The summed E-state index contributed by atoms with van der Waals surface area (Å²) in [6, 6.07) is 0. The zero-order chi connectivity index (χ0) is 14.8. The van der Waals surface area contributed by atoms with Gasteiger partial charge in [-0.1, -0.05) is 20.3 Å². The first-order valence-corrected chi connectivity index (χ1v) is 8.09. The van der Waals surface area contributed by atoms with Crippen LogP contribution in [0.1, 0.15) is 53.4 Å². The van der Waals surface area contributed by atoms with Gasteiger partial charge in [0.1, 0.15) is 6.10 Å². The Morgan fingerprint density at radius 2 is 2.00 bits per heavy atom. The highest BCUT2D eigenvalue weighted by Crippen LogP contribution is 2.45. The van der Waals surface area contributed by atoms with Gasteiger partial charge in [-0.25, -0.2) is 0 Å². The highest BCUT2D eigenvalue weighted by atomic mass is 16.7. The SMILES string of the molecule is CCC1C(OC2CCCOC2CO)OC(C)(C)C1CC. The molecule has 0 aromatic rings. The third kappa shape index (κ3) is 3.19. The Morgan fingerprint density at radius 1 is 1.25 bits per heavy atom. The third-order valence-electron chi connectivity index (χ3n) is 4.96. The highest BCUT2D eigenvalue weighted by Gasteiger charge is 2.49. The summed E-state index contributed by atoms with van der Waals surface area (Å²) in [6.45, 7) is 9.49. The molecule has 2 heterocycles. The van der Waals surface area contributed by atoms with Gasteiger partial charge in [0, 0.05) is 12.5 Å². The molecule has 5 unspecified atom stereocenters. The molecule has 2 aliphatic rings. The van der Waals surface area contributed by atoms with Crippen LogP contribution in [0.2, 0.25) is 0 Å². The lowest BCUT2D eigenvalue weighted by molar-refractivity contribution is -0.231. The lowest BCUT2D eigenvalue weighted by Gasteiger charge is -2.33. The summed E-state index contributed by atoms with van der Waals surface area (Å²) in [5.74, 6) is 0.950. The van der Waals surface area contributed by atoms with Crippen LogP contribution in [0.25, 0.3) is 0 Å². The highest BCUT2D eigenvalue weighted by molar-refractivity contribution is 4.92. The molecule has 0 radical (unpaired) electrons. The van der Waals surface area contributed by atoms with Crippen molar-refractivity contribution in [1.82, 2.24) is 0 Å². The minimum Gasteiger partial charge on any atom is -0.394 e. The van der Waals surface area contributed by atoms with Crippen molar-refractivity contribution in [3.63, 3.8) is 0 Å². The smallest absolute Gasteiger partial charge is 0.161 e. The van der Waals surface area contributed by atoms with Gasteiger partial charge in [0.2, 0.25) is 0 Å². The Morgan fingerprint density at radius 3 is 2.60 bits per heavy atom. The fraction of sp³-hybridized carbons (Fsp3) is 1.00. The number of aliphatic hydroxyl groups is 1. The van der Waals surface area contributed by atoms with Crippen molar-refractivity contribution in [2.24, 2.45) is 11.8 Å². The number of hydrogen-bond donors (Lipinski definition) is 1. The van der Waals surface area contributed by atoms with E-state index >= 15 is 0 Å². The van der Waals surface area contributed by atoms with E-state index in [0.717, 1.165) is 32.3 Å². The van der Waals surface area contributed by atoms with Gasteiger partial charge in [-0.3, -0.25) is 0 Å². The van der Waals surface area contributed by atoms with Gasteiger partial charge in [0.05, 0.1) is 18.3 Å². The van der Waals surface area contributed by atoms with E-state index in [2.05, 4.69) is 27.7 Å². The second-order valence-electron chi connectivity index (χ2n) is 6.59. The molecule has 20 heavy (non-hydrogen) atoms. The monoisotopic (exact) mass is 286 g/mol. The largest absolute Gasteiger partial charge is 0.394 e. The second-order valence-corrected chi connectivity index (χ2v) is 6.59. The number of aliphatic hydroxyl groups excluding tert-OH is 1. The van der Waals surface area contributed by atoms with Crippen molar-refractivity contribution < 1.29 is 19.3 Å². The topological polar surface area (TPSA) is 47.9 Å². The van der Waals surface area contributed by atoms with Crippen LogP contribution in [0.15, 0.2) is 0 Å². The molecule has 5 atom stereocenters. The van der Waals surface area contributed by atoms with E-state index in [9.17, 15) is 5.11 Å². The van der Waals surface area contributed by atoms with Gasteiger partial charge in [-0.05, 0) is 39.0 Å². The van der Waals surface area contributed by atoms with E-state index in [1.165, 1.54) is 0 Å². The van der Waals surface area contributed by atoms with E-state index in [0.29, 0.717) is 11.8 Å². The number of rotatable bonds is 5. The number of hydrogen-bond acceptors (Lipinski definition) is 4. The Labute approximate surface area is 122 Å². The molecule has 2 rings (SSSR count). The van der Waals surface area contributed by atoms with Gasteiger partial charge >= 0.3 is 0 Å². The molecule has 0 aromatic heterocycles. The zero-order valence-corrected chi connectivity index (χ0v) is 13.3. The minimum atomic E-state index is -0.200. The molecule has 4 heteroatoms. The molecular formula is C16H30O4. The van der Waals surface area contributed by atoms with Crippen molar-refractivity contribution >= 4 is 0 Å². The van der Waals surface area contributed by atoms with Gasteiger partial charge in [-0.15, -0.1) is 0 Å². The maximum absolute atomic E-state index is 9.41. The molecule has 118 valence electrons. The van der Waals surface area contributed by atoms with Crippen LogP contribution >= 0.6 is 0 Å². The van der Waals surface area contributed by atoms with E-state index in [1.54, 1.807) is 0 Å². The van der Waals surface area contributed by atoms with Crippen molar-refractivity contribution in [3.05, 3.63) is 0 Å². The van der Waals surface area contributed by atoms with Crippen molar-refractivity contribution in [1.29, 1.82) is 0 Å². The standard InChI is InChI=1S/C16H30O4/c1-5-11-12(6-2)16(3,4)20-15(11)19-13-8-7-9-18-14(13)10-17/h11-15,17H,5-10H2,1-4H3. The molecular weight excluding hydrogens is 256 g/mol. The average molecular weight is 286 g/mol. The fourth-order valence-corrected chi connectivity index (χ4v) is 3.89. The molecule has 0 saturated carbocycles. The normalized spacial score (nSPS) is 41.0. The molecule has 1 N–H and O–H groups in total. The average Bonchev–Trinajstić information content (AvgIpc) is 2.68. The predicted molar refractivity (Wildman–Crippen MR) is 77.4 cm³/mol. The first kappa shape index (κ1) is 16.2. The molecule has 2 fully saturated rings. The molecule has 0 amide bonds.